The summed E-state index contributed by atoms with van der Waals surface area (Å²) in [5.41, 5.74) is 0.428. The highest BCUT2D eigenvalue weighted by molar-refractivity contribution is 14.1. The van der Waals surface area contributed by atoms with Crippen LogP contribution in [0.5, 0.6) is 0 Å². The Bertz CT molecular complexity index is 789. The molecule has 0 radical (unpaired) electrons. The summed E-state index contributed by atoms with van der Waals surface area (Å²) in [6.45, 7) is -0.350. The van der Waals surface area contributed by atoms with Crippen molar-refractivity contribution >= 4 is 44.3 Å². The van der Waals surface area contributed by atoms with E-state index in [-0.39, 0.29) is 36.1 Å². The normalized spacial score (nSPS) is 22.3. The fourth-order valence-electron chi connectivity index (χ4n) is 3.79. The predicted octanol–water partition coefficient (Wildman–Crippen LogP) is 2.41. The zero-order valence-electron chi connectivity index (χ0n) is 14.4. The molecule has 1 amide bonds. The van der Waals surface area contributed by atoms with Gasteiger partial charge in [-0.25, -0.2) is 13.2 Å². The van der Waals surface area contributed by atoms with Gasteiger partial charge < -0.3 is 9.64 Å². The lowest BCUT2D eigenvalue weighted by molar-refractivity contribution is -0.139. The molecule has 2 fully saturated rings. The first kappa shape index (κ1) is 19.6. The van der Waals surface area contributed by atoms with Gasteiger partial charge in [-0.05, 0) is 54.0 Å². The van der Waals surface area contributed by atoms with Gasteiger partial charge in [0.2, 0.25) is 0 Å². The van der Waals surface area contributed by atoms with Crippen LogP contribution in [0.15, 0.2) is 24.3 Å². The van der Waals surface area contributed by atoms with Crippen molar-refractivity contribution in [3.05, 3.63) is 33.4 Å². The molecule has 6 nitrogen and oxygen atoms in total. The standard InChI is InChI=1S/C18H22INO5S/c19-16-8-4-3-7-15(16)18(22)25-11-17(21)20(13-5-1-2-6-13)14-9-10-26(23,24)12-14/h3-4,7-8,13-14H,1-2,5-6,9-12H2. The number of rotatable bonds is 5. The number of hydrogen-bond acceptors (Lipinski definition) is 5. The van der Waals surface area contributed by atoms with Crippen LogP contribution >= 0.6 is 22.6 Å². The van der Waals surface area contributed by atoms with Gasteiger partial charge in [-0.15, -0.1) is 0 Å². The van der Waals surface area contributed by atoms with E-state index in [2.05, 4.69) is 0 Å². The Morgan fingerprint density at radius 1 is 1.12 bits per heavy atom. The molecule has 3 rings (SSSR count). The number of benzene rings is 1. The quantitative estimate of drug-likeness (QED) is 0.467. The van der Waals surface area contributed by atoms with Gasteiger partial charge in [0.15, 0.2) is 16.4 Å². The van der Waals surface area contributed by atoms with Crippen LogP contribution in [0.2, 0.25) is 0 Å². The number of ether oxygens (including phenoxy) is 1. The first-order valence-corrected chi connectivity index (χ1v) is 11.7. The summed E-state index contributed by atoms with van der Waals surface area (Å²) in [7, 11) is -3.09. The Morgan fingerprint density at radius 2 is 1.81 bits per heavy atom. The molecule has 0 spiro atoms. The maximum Gasteiger partial charge on any atom is 0.339 e. The SMILES string of the molecule is O=C(OCC(=O)N(C1CCCC1)C1CCS(=O)(=O)C1)c1ccccc1I. The van der Waals surface area contributed by atoms with Crippen LogP contribution in [0.1, 0.15) is 42.5 Å². The van der Waals surface area contributed by atoms with Crippen LogP contribution in [0.25, 0.3) is 0 Å². The van der Waals surface area contributed by atoms with E-state index in [1.165, 1.54) is 0 Å². The summed E-state index contributed by atoms with van der Waals surface area (Å²) < 4.78 is 29.7. The fraction of sp³-hybridized carbons (Fsp3) is 0.556. The third kappa shape index (κ3) is 4.57. The molecule has 1 saturated heterocycles. The van der Waals surface area contributed by atoms with Gasteiger partial charge in [-0.1, -0.05) is 25.0 Å². The molecule has 2 aliphatic rings. The fourth-order valence-corrected chi connectivity index (χ4v) is 6.11. The molecule has 1 atom stereocenters. The Morgan fingerprint density at radius 3 is 2.42 bits per heavy atom. The summed E-state index contributed by atoms with van der Waals surface area (Å²) >= 11 is 2.05. The minimum Gasteiger partial charge on any atom is -0.452 e. The first-order valence-electron chi connectivity index (χ1n) is 8.80. The van der Waals surface area contributed by atoms with Crippen LogP contribution in [-0.2, 0) is 19.4 Å². The number of nitrogens with zero attached hydrogens (tertiary/aromatic N) is 1. The van der Waals surface area contributed by atoms with Gasteiger partial charge in [-0.2, -0.15) is 0 Å². The van der Waals surface area contributed by atoms with Crippen LogP contribution in [0.3, 0.4) is 0 Å². The Labute approximate surface area is 167 Å². The van der Waals surface area contributed by atoms with E-state index >= 15 is 0 Å². The number of carbonyl (C=O) groups excluding carboxylic acids is 2. The highest BCUT2D eigenvalue weighted by Gasteiger charge is 2.39. The van der Waals surface area contributed by atoms with Crippen LogP contribution in [0, 0.1) is 3.57 Å². The van der Waals surface area contributed by atoms with Gasteiger partial charge in [0.1, 0.15) is 0 Å². The number of esters is 1. The molecule has 1 saturated carbocycles. The van der Waals surface area contributed by atoms with Gasteiger partial charge in [-0.3, -0.25) is 4.79 Å². The Hall–Kier alpha value is -1.16. The van der Waals surface area contributed by atoms with E-state index in [9.17, 15) is 18.0 Å². The Balaban J connectivity index is 1.68. The molecule has 142 valence electrons. The van der Waals surface area contributed by atoms with Gasteiger partial charge in [0.25, 0.3) is 5.91 Å². The van der Waals surface area contributed by atoms with E-state index in [0.29, 0.717) is 12.0 Å². The second kappa shape index (κ2) is 8.24. The largest absolute Gasteiger partial charge is 0.452 e. The van der Waals surface area contributed by atoms with Gasteiger partial charge in [0.05, 0.1) is 17.1 Å². The lowest BCUT2D eigenvalue weighted by Gasteiger charge is -2.33. The number of sulfone groups is 1. The minimum atomic E-state index is -3.09. The second-order valence-electron chi connectivity index (χ2n) is 6.85. The summed E-state index contributed by atoms with van der Waals surface area (Å²) in [5.74, 6) is -0.692. The molecule has 26 heavy (non-hydrogen) atoms. The number of amides is 1. The molecular weight excluding hydrogens is 469 g/mol. The second-order valence-corrected chi connectivity index (χ2v) is 10.2. The van der Waals surface area contributed by atoms with E-state index in [1.54, 1.807) is 23.1 Å². The zero-order valence-corrected chi connectivity index (χ0v) is 17.4. The third-order valence-corrected chi connectivity index (χ3v) is 7.72. The molecule has 1 aromatic rings. The van der Waals surface area contributed by atoms with E-state index in [0.717, 1.165) is 29.3 Å². The summed E-state index contributed by atoms with van der Waals surface area (Å²) in [4.78, 5) is 26.7. The van der Waals surface area contributed by atoms with E-state index < -0.39 is 15.8 Å². The lowest BCUT2D eigenvalue weighted by atomic mass is 10.1. The molecule has 1 aromatic carbocycles. The van der Waals surface area contributed by atoms with Gasteiger partial charge in [0, 0.05) is 15.7 Å². The lowest BCUT2D eigenvalue weighted by Crippen LogP contribution is -2.48. The van der Waals surface area contributed by atoms with Crippen LogP contribution < -0.4 is 0 Å². The third-order valence-electron chi connectivity index (χ3n) is 5.03. The summed E-state index contributed by atoms with van der Waals surface area (Å²) in [6.07, 6.45) is 4.31. The topological polar surface area (TPSA) is 80.8 Å². The summed E-state index contributed by atoms with van der Waals surface area (Å²) in [6, 6.07) is 6.78. The van der Waals surface area contributed by atoms with Crippen molar-refractivity contribution in [3.8, 4) is 0 Å². The van der Waals surface area contributed by atoms with Crippen molar-refractivity contribution in [2.75, 3.05) is 18.1 Å². The van der Waals surface area contributed by atoms with Crippen molar-refractivity contribution in [2.45, 2.75) is 44.2 Å². The highest BCUT2D eigenvalue weighted by atomic mass is 127. The zero-order chi connectivity index (χ0) is 18.7. The molecule has 1 aliphatic carbocycles. The van der Waals surface area contributed by atoms with Crippen molar-refractivity contribution in [1.82, 2.24) is 4.90 Å². The molecule has 1 unspecified atom stereocenters. The number of carbonyl (C=O) groups is 2. The highest BCUT2D eigenvalue weighted by Crippen LogP contribution is 2.29. The molecule has 0 bridgehead atoms. The molecular formula is C18H22INO5S. The van der Waals surface area contributed by atoms with Crippen molar-refractivity contribution in [3.63, 3.8) is 0 Å². The Kier molecular flexibility index (Phi) is 6.21. The number of hydrogen-bond donors (Lipinski definition) is 0. The molecule has 1 aliphatic heterocycles. The smallest absolute Gasteiger partial charge is 0.339 e. The maximum atomic E-state index is 12.8. The van der Waals surface area contributed by atoms with Crippen LogP contribution in [0.4, 0.5) is 0 Å². The molecule has 0 N–H and O–H groups in total. The monoisotopic (exact) mass is 491 g/mol. The average Bonchev–Trinajstić information content (AvgIpc) is 3.23. The summed E-state index contributed by atoms with van der Waals surface area (Å²) in [5, 5.41) is 0. The maximum absolute atomic E-state index is 12.8. The van der Waals surface area contributed by atoms with Gasteiger partial charge >= 0.3 is 5.97 Å². The number of halogens is 1. The van der Waals surface area contributed by atoms with Crippen LogP contribution in [-0.4, -0.2) is 55.4 Å². The molecule has 8 heteroatoms. The van der Waals surface area contributed by atoms with Crippen molar-refractivity contribution in [2.24, 2.45) is 0 Å². The van der Waals surface area contributed by atoms with E-state index in [4.69, 9.17) is 4.74 Å². The average molecular weight is 491 g/mol. The first-order chi connectivity index (χ1) is 12.4. The molecule has 0 aromatic heterocycles. The van der Waals surface area contributed by atoms with Crippen molar-refractivity contribution < 1.29 is 22.7 Å². The minimum absolute atomic E-state index is 0.0137. The molecule has 1 heterocycles. The van der Waals surface area contributed by atoms with E-state index in [1.807, 2.05) is 28.7 Å². The van der Waals surface area contributed by atoms with Crippen molar-refractivity contribution in [1.29, 1.82) is 0 Å². The predicted molar refractivity (Wildman–Crippen MR) is 106 cm³/mol.